The summed E-state index contributed by atoms with van der Waals surface area (Å²) in [5.41, 5.74) is 5.27. The molecule has 0 saturated carbocycles. The quantitative estimate of drug-likeness (QED) is 0.682. The Balaban J connectivity index is 3.23. The average molecular weight is 205 g/mol. The Morgan fingerprint density at radius 3 is 2.60 bits per heavy atom. The highest BCUT2D eigenvalue weighted by molar-refractivity contribution is 9.10. The maximum atomic E-state index is 10.6. The van der Waals surface area contributed by atoms with Gasteiger partial charge in [-0.15, -0.1) is 5.10 Å². The Morgan fingerprint density at radius 2 is 2.40 bits per heavy atom. The smallest absolute Gasteiger partial charge is 0.269 e. The van der Waals surface area contributed by atoms with E-state index in [0.29, 0.717) is 4.60 Å². The molecule has 2 N–H and O–H groups in total. The summed E-state index contributed by atoms with van der Waals surface area (Å²) in [7, 11) is 1.60. The van der Waals surface area contributed by atoms with Crippen molar-refractivity contribution in [3.63, 3.8) is 0 Å². The molecule has 1 aromatic rings. The van der Waals surface area contributed by atoms with E-state index < -0.39 is 5.91 Å². The van der Waals surface area contributed by atoms with Gasteiger partial charge >= 0.3 is 0 Å². The molecule has 1 rings (SSSR count). The highest BCUT2D eigenvalue weighted by Crippen LogP contribution is 2.09. The van der Waals surface area contributed by atoms with Crippen molar-refractivity contribution >= 4 is 21.8 Å². The maximum Gasteiger partial charge on any atom is 0.269 e. The third-order valence-electron chi connectivity index (χ3n) is 1.02. The molecule has 10 heavy (non-hydrogen) atoms. The van der Waals surface area contributed by atoms with Crippen molar-refractivity contribution in [3.05, 3.63) is 10.3 Å². The van der Waals surface area contributed by atoms with E-state index in [1.807, 2.05) is 0 Å². The largest absolute Gasteiger partial charge is 0.364 e. The lowest BCUT2D eigenvalue weighted by Crippen LogP contribution is -2.16. The molecule has 0 aliphatic heterocycles. The lowest BCUT2D eigenvalue weighted by molar-refractivity contribution is 0.0990. The van der Waals surface area contributed by atoms with Crippen LogP contribution in [0.4, 0.5) is 0 Å². The molecule has 1 amide bonds. The van der Waals surface area contributed by atoms with Crippen molar-refractivity contribution in [1.29, 1.82) is 0 Å². The van der Waals surface area contributed by atoms with Crippen LogP contribution in [-0.4, -0.2) is 20.9 Å². The summed E-state index contributed by atoms with van der Waals surface area (Å²) < 4.78 is 1.69. The minimum absolute atomic E-state index is 0.278. The van der Waals surface area contributed by atoms with Gasteiger partial charge in [-0.25, -0.2) is 4.68 Å². The Hall–Kier alpha value is -0.910. The molecular weight excluding hydrogens is 200 g/mol. The van der Waals surface area contributed by atoms with Crippen LogP contribution in [0.3, 0.4) is 0 Å². The lowest BCUT2D eigenvalue weighted by Gasteiger charge is -1.91. The van der Waals surface area contributed by atoms with Crippen LogP contribution >= 0.6 is 15.9 Å². The number of aryl methyl sites for hydroxylation is 1. The number of hydrogen-bond donors (Lipinski definition) is 1. The average Bonchev–Trinajstić information content (AvgIpc) is 2.11. The van der Waals surface area contributed by atoms with Crippen LogP contribution in [0, 0.1) is 0 Å². The highest BCUT2D eigenvalue weighted by Gasteiger charge is 2.12. The lowest BCUT2D eigenvalue weighted by atomic mass is 10.4. The van der Waals surface area contributed by atoms with Gasteiger partial charge in [0.05, 0.1) is 0 Å². The summed E-state index contributed by atoms with van der Waals surface area (Å²) in [6.07, 6.45) is 0. The zero-order chi connectivity index (χ0) is 7.72. The van der Waals surface area contributed by atoms with Gasteiger partial charge in [0.15, 0.2) is 10.3 Å². The number of amides is 1. The molecule has 6 heteroatoms. The van der Waals surface area contributed by atoms with Crippen molar-refractivity contribution in [2.75, 3.05) is 0 Å². The topological polar surface area (TPSA) is 73.8 Å². The van der Waals surface area contributed by atoms with Gasteiger partial charge in [0.1, 0.15) is 0 Å². The molecule has 0 saturated heterocycles. The number of nitrogens with two attached hydrogens (primary N) is 1. The number of halogens is 1. The molecule has 0 spiro atoms. The van der Waals surface area contributed by atoms with Crippen LogP contribution in [0.15, 0.2) is 4.60 Å². The van der Waals surface area contributed by atoms with Crippen molar-refractivity contribution in [2.24, 2.45) is 12.8 Å². The normalized spacial score (nSPS) is 9.80. The van der Waals surface area contributed by atoms with Crippen molar-refractivity contribution in [1.82, 2.24) is 15.0 Å². The van der Waals surface area contributed by atoms with E-state index in [4.69, 9.17) is 5.73 Å². The van der Waals surface area contributed by atoms with Gasteiger partial charge in [-0.05, 0) is 15.9 Å². The SMILES string of the molecule is Cn1nnc(Br)c1C(N)=O. The molecule has 0 atom stereocenters. The van der Waals surface area contributed by atoms with Gasteiger partial charge in [-0.1, -0.05) is 5.21 Å². The van der Waals surface area contributed by atoms with Gasteiger partial charge in [-0.2, -0.15) is 0 Å². The summed E-state index contributed by atoms with van der Waals surface area (Å²) >= 11 is 3.02. The van der Waals surface area contributed by atoms with Crippen LogP contribution in [-0.2, 0) is 7.05 Å². The first-order chi connectivity index (χ1) is 4.63. The van der Waals surface area contributed by atoms with Crippen LogP contribution < -0.4 is 5.73 Å². The van der Waals surface area contributed by atoms with Gasteiger partial charge < -0.3 is 5.73 Å². The Kier molecular flexibility index (Phi) is 1.71. The molecule has 1 heterocycles. The summed E-state index contributed by atoms with van der Waals surface area (Å²) in [5, 5.41) is 7.12. The van der Waals surface area contributed by atoms with E-state index in [9.17, 15) is 4.79 Å². The fraction of sp³-hybridized carbons (Fsp3) is 0.250. The Morgan fingerprint density at radius 1 is 1.80 bits per heavy atom. The summed E-state index contributed by atoms with van der Waals surface area (Å²) in [6, 6.07) is 0. The van der Waals surface area contributed by atoms with Gasteiger partial charge in [0.25, 0.3) is 5.91 Å². The first kappa shape index (κ1) is 7.20. The second-order valence-electron chi connectivity index (χ2n) is 1.72. The molecule has 5 nitrogen and oxygen atoms in total. The molecule has 0 bridgehead atoms. The molecule has 0 aliphatic carbocycles. The van der Waals surface area contributed by atoms with Gasteiger partial charge in [0, 0.05) is 7.05 Å². The molecule has 0 aliphatic rings. The molecule has 54 valence electrons. The summed E-state index contributed by atoms with van der Waals surface area (Å²) in [5.74, 6) is -0.542. The van der Waals surface area contributed by atoms with E-state index in [2.05, 4.69) is 26.2 Å². The molecular formula is C4H5BrN4O. The zero-order valence-electron chi connectivity index (χ0n) is 5.21. The number of hydrogen-bond acceptors (Lipinski definition) is 3. The third kappa shape index (κ3) is 1.02. The van der Waals surface area contributed by atoms with Crippen molar-refractivity contribution in [2.45, 2.75) is 0 Å². The van der Waals surface area contributed by atoms with Gasteiger partial charge in [-0.3, -0.25) is 4.79 Å². The minimum atomic E-state index is -0.542. The van der Waals surface area contributed by atoms with E-state index in [0.717, 1.165) is 0 Å². The standard InChI is InChI=1S/C4H5BrN4O/c1-9-2(4(6)10)3(5)7-8-9/h1H3,(H2,6,10). The van der Waals surface area contributed by atoms with Gasteiger partial charge in [0.2, 0.25) is 0 Å². The number of rotatable bonds is 1. The van der Waals surface area contributed by atoms with Crippen LogP contribution in [0.1, 0.15) is 10.5 Å². The maximum absolute atomic E-state index is 10.6. The zero-order valence-corrected chi connectivity index (χ0v) is 6.79. The Bertz CT molecular complexity index is 249. The first-order valence-electron chi connectivity index (χ1n) is 2.48. The van der Waals surface area contributed by atoms with E-state index in [1.54, 1.807) is 7.05 Å². The fourth-order valence-electron chi connectivity index (χ4n) is 0.593. The molecule has 0 fully saturated rings. The number of nitrogens with zero attached hydrogens (tertiary/aromatic N) is 3. The minimum Gasteiger partial charge on any atom is -0.364 e. The van der Waals surface area contributed by atoms with Crippen LogP contribution in [0.25, 0.3) is 0 Å². The summed E-state index contributed by atoms with van der Waals surface area (Å²) in [6.45, 7) is 0. The van der Waals surface area contributed by atoms with Crippen LogP contribution in [0.2, 0.25) is 0 Å². The predicted molar refractivity (Wildman–Crippen MR) is 37.2 cm³/mol. The first-order valence-corrected chi connectivity index (χ1v) is 3.27. The highest BCUT2D eigenvalue weighted by atomic mass is 79.9. The predicted octanol–water partition coefficient (Wildman–Crippen LogP) is -0.324. The second kappa shape index (κ2) is 2.37. The number of carbonyl (C=O) groups is 1. The van der Waals surface area contributed by atoms with Crippen molar-refractivity contribution < 1.29 is 4.79 Å². The van der Waals surface area contributed by atoms with Crippen molar-refractivity contribution in [3.8, 4) is 0 Å². The summed E-state index contributed by atoms with van der Waals surface area (Å²) in [4.78, 5) is 10.6. The number of carbonyl (C=O) groups excluding carboxylic acids is 1. The van der Waals surface area contributed by atoms with E-state index in [1.165, 1.54) is 4.68 Å². The monoisotopic (exact) mass is 204 g/mol. The second-order valence-corrected chi connectivity index (χ2v) is 2.47. The molecule has 0 unspecified atom stereocenters. The number of primary amides is 1. The molecule has 0 radical (unpaired) electrons. The van der Waals surface area contributed by atoms with Crippen LogP contribution in [0.5, 0.6) is 0 Å². The fourth-order valence-corrected chi connectivity index (χ4v) is 1.12. The molecule has 1 aromatic heterocycles. The Labute approximate surface area is 65.3 Å². The van der Waals surface area contributed by atoms with E-state index >= 15 is 0 Å². The van der Waals surface area contributed by atoms with E-state index in [-0.39, 0.29) is 5.69 Å². The third-order valence-corrected chi connectivity index (χ3v) is 1.55. The number of aromatic nitrogens is 3. The molecule has 0 aromatic carbocycles.